The molecule has 0 unspecified atom stereocenters. The van der Waals surface area contributed by atoms with Gasteiger partial charge in [-0.05, 0) is 24.3 Å². The number of anilines is 2. The second-order valence-corrected chi connectivity index (χ2v) is 4.50. The highest BCUT2D eigenvalue weighted by Crippen LogP contribution is 2.36. The fourth-order valence-electron chi connectivity index (χ4n) is 1.73. The average molecular weight is 243 g/mol. The van der Waals surface area contributed by atoms with Gasteiger partial charge < -0.3 is 0 Å². The molecule has 0 saturated heterocycles. The van der Waals surface area contributed by atoms with Crippen LogP contribution in [0.5, 0.6) is 0 Å². The molecule has 4 nitrogen and oxygen atoms in total. The van der Waals surface area contributed by atoms with E-state index in [-0.39, 0.29) is 5.91 Å². The summed E-state index contributed by atoms with van der Waals surface area (Å²) in [6.45, 7) is 0. The molecule has 3 rings (SSSR count). The van der Waals surface area contributed by atoms with Crippen molar-refractivity contribution in [3.8, 4) is 0 Å². The van der Waals surface area contributed by atoms with Crippen molar-refractivity contribution in [1.82, 2.24) is 9.97 Å². The fraction of sp³-hybridized carbons (Fsp3) is 0.0833. The maximum atomic E-state index is 12.0. The van der Waals surface area contributed by atoms with Crippen molar-refractivity contribution in [2.24, 2.45) is 0 Å². The summed E-state index contributed by atoms with van der Waals surface area (Å²) in [5.74, 6) is 1.09. The summed E-state index contributed by atoms with van der Waals surface area (Å²) in [6.07, 6.45) is 3.42. The number of rotatable bonds is 1. The molecule has 1 amide bonds. The predicted octanol–water partition coefficient (Wildman–Crippen LogP) is 2.25. The highest BCUT2D eigenvalue weighted by molar-refractivity contribution is 8.00. The smallest absolute Gasteiger partial charge is 0.243 e. The number of hydrogen-bond acceptors (Lipinski definition) is 4. The zero-order chi connectivity index (χ0) is 11.7. The van der Waals surface area contributed by atoms with Crippen LogP contribution in [0.25, 0.3) is 0 Å². The minimum atomic E-state index is 0.0363. The third kappa shape index (κ3) is 1.78. The van der Waals surface area contributed by atoms with E-state index in [2.05, 4.69) is 9.97 Å². The van der Waals surface area contributed by atoms with Gasteiger partial charge in [-0.1, -0.05) is 17.8 Å². The van der Waals surface area contributed by atoms with Crippen LogP contribution < -0.4 is 4.90 Å². The lowest BCUT2D eigenvalue weighted by atomic mass is 10.3. The molecule has 0 bridgehead atoms. The minimum absolute atomic E-state index is 0.0363. The van der Waals surface area contributed by atoms with Gasteiger partial charge >= 0.3 is 0 Å². The van der Waals surface area contributed by atoms with Crippen molar-refractivity contribution in [2.45, 2.75) is 5.03 Å². The first-order valence-corrected chi connectivity index (χ1v) is 6.16. The van der Waals surface area contributed by atoms with Crippen molar-refractivity contribution in [3.63, 3.8) is 0 Å². The van der Waals surface area contributed by atoms with Crippen LogP contribution in [0.4, 0.5) is 11.5 Å². The molecule has 5 heteroatoms. The van der Waals surface area contributed by atoms with Gasteiger partial charge in [0.15, 0.2) is 0 Å². The number of amides is 1. The monoisotopic (exact) mass is 243 g/mol. The van der Waals surface area contributed by atoms with Gasteiger partial charge in [0.25, 0.3) is 0 Å². The lowest BCUT2D eigenvalue weighted by molar-refractivity contribution is -0.115. The molecule has 1 aliphatic heterocycles. The summed E-state index contributed by atoms with van der Waals surface area (Å²) in [4.78, 5) is 22.1. The highest BCUT2D eigenvalue weighted by Gasteiger charge is 2.27. The number of aromatic nitrogens is 2. The molecule has 2 aromatic rings. The first-order valence-electron chi connectivity index (χ1n) is 5.18. The van der Waals surface area contributed by atoms with Crippen molar-refractivity contribution in [3.05, 3.63) is 42.7 Å². The SMILES string of the molecule is O=C1CSc2ncccc2N1c1ccccn1. The van der Waals surface area contributed by atoms with E-state index in [0.29, 0.717) is 11.6 Å². The Morgan fingerprint density at radius 1 is 1.12 bits per heavy atom. The van der Waals surface area contributed by atoms with Gasteiger partial charge in [-0.2, -0.15) is 0 Å². The molecule has 1 aliphatic rings. The second-order valence-electron chi connectivity index (χ2n) is 3.53. The Morgan fingerprint density at radius 3 is 2.82 bits per heavy atom. The molecule has 0 N–H and O–H groups in total. The van der Waals surface area contributed by atoms with Crippen LogP contribution in [-0.2, 0) is 4.79 Å². The van der Waals surface area contributed by atoms with Crippen molar-refractivity contribution < 1.29 is 4.79 Å². The Labute approximate surface area is 103 Å². The third-order valence-corrected chi connectivity index (χ3v) is 3.43. The Bertz CT molecular complexity index is 559. The van der Waals surface area contributed by atoms with Crippen LogP contribution in [0.15, 0.2) is 47.8 Å². The summed E-state index contributed by atoms with van der Waals surface area (Å²) in [7, 11) is 0. The Balaban J connectivity index is 2.13. The third-order valence-electron chi connectivity index (χ3n) is 2.45. The van der Waals surface area contributed by atoms with E-state index in [1.807, 2.05) is 30.3 Å². The molecule has 0 atom stereocenters. The Kier molecular flexibility index (Phi) is 2.53. The summed E-state index contributed by atoms with van der Waals surface area (Å²) < 4.78 is 0. The molecule has 2 aromatic heterocycles. The van der Waals surface area contributed by atoms with Gasteiger partial charge in [0.05, 0.1) is 11.4 Å². The topological polar surface area (TPSA) is 46.1 Å². The molecule has 0 spiro atoms. The predicted molar refractivity (Wildman–Crippen MR) is 66.3 cm³/mol. The van der Waals surface area contributed by atoms with Crippen molar-refractivity contribution >= 4 is 29.2 Å². The second kappa shape index (κ2) is 4.18. The van der Waals surface area contributed by atoms with Crippen LogP contribution in [0.1, 0.15) is 0 Å². The molecule has 0 saturated carbocycles. The fourth-order valence-corrected chi connectivity index (χ4v) is 2.56. The normalized spacial score (nSPS) is 14.6. The zero-order valence-corrected chi connectivity index (χ0v) is 9.72. The Morgan fingerprint density at radius 2 is 2.00 bits per heavy atom. The lowest BCUT2D eigenvalue weighted by Gasteiger charge is -2.26. The van der Waals surface area contributed by atoms with E-state index in [4.69, 9.17) is 0 Å². The maximum absolute atomic E-state index is 12.0. The number of hydrogen-bond donors (Lipinski definition) is 0. The van der Waals surface area contributed by atoms with Gasteiger partial charge in [-0.3, -0.25) is 9.69 Å². The van der Waals surface area contributed by atoms with Crippen LogP contribution in [0, 0.1) is 0 Å². The average Bonchev–Trinajstić information content (AvgIpc) is 2.39. The Hall–Kier alpha value is -1.88. The maximum Gasteiger partial charge on any atom is 0.243 e. The molecular formula is C12H9N3OS. The molecule has 0 fully saturated rings. The quantitative estimate of drug-likeness (QED) is 0.770. The number of fused-ring (bicyclic) bond motifs is 1. The highest BCUT2D eigenvalue weighted by atomic mass is 32.2. The van der Waals surface area contributed by atoms with Gasteiger partial charge in [-0.15, -0.1) is 0 Å². The molecule has 17 heavy (non-hydrogen) atoms. The van der Waals surface area contributed by atoms with E-state index in [1.165, 1.54) is 11.8 Å². The molecule has 3 heterocycles. The molecule has 0 aliphatic carbocycles. The van der Waals surface area contributed by atoms with Gasteiger partial charge in [-0.25, -0.2) is 9.97 Å². The number of thioether (sulfide) groups is 1. The summed E-state index contributed by atoms with van der Waals surface area (Å²) in [6, 6.07) is 9.24. The largest absolute Gasteiger partial charge is 0.273 e. The first-order chi connectivity index (χ1) is 8.36. The first kappa shape index (κ1) is 10.3. The number of nitrogens with zero attached hydrogens (tertiary/aromatic N) is 3. The standard InChI is InChI=1S/C12H9N3OS/c16-11-8-17-12-9(4-3-7-14-12)15(11)10-5-1-2-6-13-10/h1-7H,8H2. The number of pyridine rings is 2. The zero-order valence-electron chi connectivity index (χ0n) is 8.91. The summed E-state index contributed by atoms with van der Waals surface area (Å²) >= 11 is 1.47. The van der Waals surface area contributed by atoms with Gasteiger partial charge in [0.2, 0.25) is 5.91 Å². The molecule has 84 valence electrons. The molecule has 0 radical (unpaired) electrons. The number of carbonyl (C=O) groups is 1. The minimum Gasteiger partial charge on any atom is -0.273 e. The van der Waals surface area contributed by atoms with Crippen LogP contribution in [0.2, 0.25) is 0 Å². The van der Waals surface area contributed by atoms with Crippen LogP contribution >= 0.6 is 11.8 Å². The van der Waals surface area contributed by atoms with E-state index in [0.717, 1.165) is 10.7 Å². The summed E-state index contributed by atoms with van der Waals surface area (Å²) in [5.41, 5.74) is 0.812. The molecule has 0 aromatic carbocycles. The van der Waals surface area contributed by atoms with E-state index in [1.54, 1.807) is 17.3 Å². The van der Waals surface area contributed by atoms with Crippen molar-refractivity contribution in [1.29, 1.82) is 0 Å². The van der Waals surface area contributed by atoms with E-state index < -0.39 is 0 Å². The number of carbonyl (C=O) groups excluding carboxylic acids is 1. The van der Waals surface area contributed by atoms with Gasteiger partial charge in [0, 0.05) is 12.4 Å². The van der Waals surface area contributed by atoms with E-state index >= 15 is 0 Å². The van der Waals surface area contributed by atoms with E-state index in [9.17, 15) is 4.79 Å². The van der Waals surface area contributed by atoms with Crippen molar-refractivity contribution in [2.75, 3.05) is 10.7 Å². The summed E-state index contributed by atoms with van der Waals surface area (Å²) in [5, 5.41) is 0.873. The lowest BCUT2D eigenvalue weighted by Crippen LogP contribution is -2.31. The van der Waals surface area contributed by atoms with Crippen LogP contribution in [-0.4, -0.2) is 21.6 Å². The van der Waals surface area contributed by atoms with Gasteiger partial charge in [0.1, 0.15) is 10.8 Å². The molecular weight excluding hydrogens is 234 g/mol. The van der Waals surface area contributed by atoms with Crippen LogP contribution in [0.3, 0.4) is 0 Å².